The lowest BCUT2D eigenvalue weighted by atomic mass is 10.0. The van der Waals surface area contributed by atoms with E-state index in [2.05, 4.69) is 4.98 Å². The molecule has 0 fully saturated rings. The van der Waals surface area contributed by atoms with Crippen molar-refractivity contribution < 1.29 is 9.84 Å². The Morgan fingerprint density at radius 2 is 1.90 bits per heavy atom. The molecule has 0 bridgehead atoms. The number of ether oxygens (including phenoxy) is 1. The molecule has 2 unspecified atom stereocenters. The van der Waals surface area contributed by atoms with Gasteiger partial charge in [0.15, 0.2) is 0 Å². The number of aliphatic hydroxyl groups is 1. The smallest absolute Gasteiger partial charge is 0.139 e. The van der Waals surface area contributed by atoms with Crippen LogP contribution in [0.4, 0.5) is 0 Å². The standard InChI is InChI=1S/C16H20N2O2/c1-2-14(17)16(12-7-9-18-10-8-12)20-15-6-4-3-5-13(15)11-19/h3-10,14,16,19H,2,11,17H2,1H3. The molecule has 1 aromatic carbocycles. The Labute approximate surface area is 119 Å². The number of para-hydroxylation sites is 1. The van der Waals surface area contributed by atoms with Gasteiger partial charge in [-0.05, 0) is 30.2 Å². The van der Waals surface area contributed by atoms with Gasteiger partial charge in [-0.1, -0.05) is 25.1 Å². The summed E-state index contributed by atoms with van der Waals surface area (Å²) >= 11 is 0. The summed E-state index contributed by atoms with van der Waals surface area (Å²) in [4.78, 5) is 4.02. The fourth-order valence-corrected chi connectivity index (χ4v) is 2.06. The van der Waals surface area contributed by atoms with Crippen molar-refractivity contribution in [3.63, 3.8) is 0 Å². The van der Waals surface area contributed by atoms with Crippen molar-refractivity contribution in [1.29, 1.82) is 0 Å². The fourth-order valence-electron chi connectivity index (χ4n) is 2.06. The Kier molecular flexibility index (Phi) is 5.09. The van der Waals surface area contributed by atoms with Crippen LogP contribution in [0.2, 0.25) is 0 Å². The third-order valence-electron chi connectivity index (χ3n) is 3.29. The van der Waals surface area contributed by atoms with Crippen LogP contribution in [0.25, 0.3) is 0 Å². The van der Waals surface area contributed by atoms with Gasteiger partial charge >= 0.3 is 0 Å². The van der Waals surface area contributed by atoms with E-state index in [1.165, 1.54) is 0 Å². The second-order valence-electron chi connectivity index (χ2n) is 4.66. The van der Waals surface area contributed by atoms with Crippen molar-refractivity contribution in [3.8, 4) is 5.75 Å². The molecule has 0 aliphatic carbocycles. The van der Waals surface area contributed by atoms with Crippen molar-refractivity contribution in [2.75, 3.05) is 0 Å². The molecule has 0 aliphatic heterocycles. The number of rotatable bonds is 6. The van der Waals surface area contributed by atoms with E-state index in [1.54, 1.807) is 12.4 Å². The maximum absolute atomic E-state index is 9.38. The third-order valence-corrected chi connectivity index (χ3v) is 3.29. The lowest BCUT2D eigenvalue weighted by Crippen LogP contribution is -2.31. The summed E-state index contributed by atoms with van der Waals surface area (Å²) in [5, 5.41) is 9.38. The zero-order valence-corrected chi connectivity index (χ0v) is 11.6. The topological polar surface area (TPSA) is 68.4 Å². The molecule has 0 spiro atoms. The Hall–Kier alpha value is -1.91. The minimum atomic E-state index is -0.254. The van der Waals surface area contributed by atoms with Gasteiger partial charge < -0.3 is 15.6 Å². The minimum Gasteiger partial charge on any atom is -0.484 e. The molecule has 0 saturated carbocycles. The van der Waals surface area contributed by atoms with Gasteiger partial charge in [0.2, 0.25) is 0 Å². The molecule has 0 saturated heterocycles. The Morgan fingerprint density at radius 1 is 1.20 bits per heavy atom. The number of aliphatic hydroxyl groups excluding tert-OH is 1. The first-order valence-electron chi connectivity index (χ1n) is 6.77. The second kappa shape index (κ2) is 7.03. The highest BCUT2D eigenvalue weighted by molar-refractivity contribution is 5.33. The number of hydrogen-bond donors (Lipinski definition) is 2. The molecule has 0 aliphatic rings. The monoisotopic (exact) mass is 272 g/mol. The van der Waals surface area contributed by atoms with Crippen LogP contribution >= 0.6 is 0 Å². The molecule has 1 aromatic heterocycles. The normalized spacial score (nSPS) is 13.8. The van der Waals surface area contributed by atoms with Gasteiger partial charge in [0, 0.05) is 24.0 Å². The predicted molar refractivity (Wildman–Crippen MR) is 78.2 cm³/mol. The lowest BCUT2D eigenvalue weighted by molar-refractivity contribution is 0.164. The summed E-state index contributed by atoms with van der Waals surface area (Å²) in [7, 11) is 0. The zero-order valence-electron chi connectivity index (χ0n) is 11.6. The first-order chi connectivity index (χ1) is 9.76. The van der Waals surface area contributed by atoms with E-state index in [0.29, 0.717) is 5.75 Å². The molecule has 3 N–H and O–H groups in total. The van der Waals surface area contributed by atoms with Crippen LogP contribution in [0.5, 0.6) is 5.75 Å². The molecule has 4 nitrogen and oxygen atoms in total. The van der Waals surface area contributed by atoms with Gasteiger partial charge in [-0.25, -0.2) is 0 Å². The highest BCUT2D eigenvalue weighted by Crippen LogP contribution is 2.27. The molecule has 2 rings (SSSR count). The van der Waals surface area contributed by atoms with Crippen molar-refractivity contribution in [1.82, 2.24) is 4.98 Å². The SMILES string of the molecule is CCC(N)C(Oc1ccccc1CO)c1ccncc1. The lowest BCUT2D eigenvalue weighted by Gasteiger charge is -2.25. The van der Waals surface area contributed by atoms with Gasteiger partial charge in [0.1, 0.15) is 11.9 Å². The molecule has 106 valence electrons. The number of benzene rings is 1. The van der Waals surface area contributed by atoms with Gasteiger partial charge in [-0.3, -0.25) is 4.98 Å². The maximum Gasteiger partial charge on any atom is 0.139 e. The van der Waals surface area contributed by atoms with Crippen molar-refractivity contribution in [2.24, 2.45) is 5.73 Å². The number of aromatic nitrogens is 1. The summed E-state index contributed by atoms with van der Waals surface area (Å²) in [6.07, 6.45) is 4.00. The van der Waals surface area contributed by atoms with Gasteiger partial charge in [-0.15, -0.1) is 0 Å². The fraction of sp³-hybridized carbons (Fsp3) is 0.312. The van der Waals surface area contributed by atoms with E-state index in [-0.39, 0.29) is 18.8 Å². The molecule has 2 aromatic rings. The van der Waals surface area contributed by atoms with Gasteiger partial charge in [0.25, 0.3) is 0 Å². The average Bonchev–Trinajstić information content (AvgIpc) is 2.53. The number of pyridine rings is 1. The molecule has 0 amide bonds. The quantitative estimate of drug-likeness (QED) is 0.847. The first kappa shape index (κ1) is 14.5. The largest absolute Gasteiger partial charge is 0.484 e. The molecule has 0 radical (unpaired) electrons. The summed E-state index contributed by atoms with van der Waals surface area (Å²) in [5.74, 6) is 0.667. The van der Waals surface area contributed by atoms with E-state index in [9.17, 15) is 5.11 Å². The summed E-state index contributed by atoms with van der Waals surface area (Å²) < 4.78 is 6.06. The van der Waals surface area contributed by atoms with Crippen LogP contribution in [0, 0.1) is 0 Å². The zero-order chi connectivity index (χ0) is 14.4. The van der Waals surface area contributed by atoms with E-state index < -0.39 is 0 Å². The third kappa shape index (κ3) is 3.35. The van der Waals surface area contributed by atoms with Crippen molar-refractivity contribution in [2.45, 2.75) is 32.1 Å². The summed E-state index contributed by atoms with van der Waals surface area (Å²) in [6, 6.07) is 11.1. The predicted octanol–water partition coefficient (Wildman–Crippen LogP) is 2.43. The van der Waals surface area contributed by atoms with E-state index in [4.69, 9.17) is 10.5 Å². The average molecular weight is 272 g/mol. The molecule has 4 heteroatoms. The number of nitrogens with two attached hydrogens (primary N) is 1. The summed E-state index contributed by atoms with van der Waals surface area (Å²) in [5.41, 5.74) is 7.93. The molecule has 1 heterocycles. The molecular weight excluding hydrogens is 252 g/mol. The highest BCUT2D eigenvalue weighted by atomic mass is 16.5. The van der Waals surface area contributed by atoms with Crippen LogP contribution in [0.1, 0.15) is 30.6 Å². The van der Waals surface area contributed by atoms with Crippen LogP contribution in [0.3, 0.4) is 0 Å². The van der Waals surface area contributed by atoms with Crippen LogP contribution in [-0.4, -0.2) is 16.1 Å². The number of hydrogen-bond acceptors (Lipinski definition) is 4. The Balaban J connectivity index is 2.29. The molecular formula is C16H20N2O2. The molecule has 2 atom stereocenters. The van der Waals surface area contributed by atoms with Gasteiger partial charge in [0.05, 0.1) is 6.61 Å². The van der Waals surface area contributed by atoms with Crippen molar-refractivity contribution in [3.05, 3.63) is 59.9 Å². The van der Waals surface area contributed by atoms with E-state index in [0.717, 1.165) is 17.5 Å². The second-order valence-corrected chi connectivity index (χ2v) is 4.66. The first-order valence-corrected chi connectivity index (χ1v) is 6.77. The van der Waals surface area contributed by atoms with E-state index in [1.807, 2.05) is 43.3 Å². The van der Waals surface area contributed by atoms with Crippen LogP contribution in [0.15, 0.2) is 48.8 Å². The highest BCUT2D eigenvalue weighted by Gasteiger charge is 2.21. The Bertz CT molecular complexity index is 531. The minimum absolute atomic E-state index is 0.0550. The van der Waals surface area contributed by atoms with Crippen LogP contribution < -0.4 is 10.5 Å². The van der Waals surface area contributed by atoms with Crippen LogP contribution in [-0.2, 0) is 6.61 Å². The van der Waals surface area contributed by atoms with E-state index >= 15 is 0 Å². The number of nitrogens with zero attached hydrogens (tertiary/aromatic N) is 1. The Morgan fingerprint density at radius 3 is 2.55 bits per heavy atom. The maximum atomic E-state index is 9.38. The van der Waals surface area contributed by atoms with Crippen molar-refractivity contribution >= 4 is 0 Å². The van der Waals surface area contributed by atoms with Gasteiger partial charge in [-0.2, -0.15) is 0 Å². The molecule has 20 heavy (non-hydrogen) atoms. The summed E-state index contributed by atoms with van der Waals surface area (Å²) in [6.45, 7) is 1.97.